The summed E-state index contributed by atoms with van der Waals surface area (Å²) in [4.78, 5) is 0. The molecule has 0 aromatic heterocycles. The van der Waals surface area contributed by atoms with Crippen molar-refractivity contribution < 1.29 is 13.2 Å². The van der Waals surface area contributed by atoms with Gasteiger partial charge in [0.25, 0.3) is 0 Å². The summed E-state index contributed by atoms with van der Waals surface area (Å²) in [6.45, 7) is 2.88. The molecule has 0 spiro atoms. The summed E-state index contributed by atoms with van der Waals surface area (Å²) in [5.41, 5.74) is 0.416. The highest BCUT2D eigenvalue weighted by Crippen LogP contribution is 2.35. The molecule has 1 fully saturated rings. The lowest BCUT2D eigenvalue weighted by Crippen LogP contribution is -2.28. The van der Waals surface area contributed by atoms with E-state index >= 15 is 0 Å². The first-order valence-corrected chi connectivity index (χ1v) is 7.93. The van der Waals surface area contributed by atoms with E-state index in [1.54, 1.807) is 12.1 Å². The molecule has 1 saturated carbocycles. The number of hydrogen-bond donors (Lipinski definition) is 1. The van der Waals surface area contributed by atoms with Crippen molar-refractivity contribution in [2.45, 2.75) is 57.7 Å². The zero-order valence-electron chi connectivity index (χ0n) is 12.5. The summed E-state index contributed by atoms with van der Waals surface area (Å²) < 4.78 is 38.0. The van der Waals surface area contributed by atoms with Crippen LogP contribution in [-0.4, -0.2) is 6.54 Å². The van der Waals surface area contributed by atoms with Crippen molar-refractivity contribution in [3.05, 3.63) is 35.4 Å². The van der Waals surface area contributed by atoms with Gasteiger partial charge in [0.1, 0.15) is 0 Å². The van der Waals surface area contributed by atoms with Crippen LogP contribution in [0.15, 0.2) is 24.3 Å². The molecule has 1 atom stereocenters. The normalized spacial score (nSPS) is 19.2. The molecule has 1 N–H and O–H groups in total. The van der Waals surface area contributed by atoms with Crippen LogP contribution in [0.2, 0.25) is 0 Å². The third-order valence-corrected chi connectivity index (χ3v) is 4.39. The van der Waals surface area contributed by atoms with Gasteiger partial charge < -0.3 is 5.32 Å². The SMILES string of the molecule is CCNC(c1ccc(C(F)(F)F)cc1)C1CCCCCC1. The Balaban J connectivity index is 2.17. The third-order valence-electron chi connectivity index (χ3n) is 4.39. The minimum absolute atomic E-state index is 0.176. The molecule has 0 heterocycles. The number of benzene rings is 1. The summed E-state index contributed by atoms with van der Waals surface area (Å²) in [6, 6.07) is 5.87. The van der Waals surface area contributed by atoms with Crippen molar-refractivity contribution in [1.82, 2.24) is 5.32 Å². The van der Waals surface area contributed by atoms with Gasteiger partial charge in [-0.15, -0.1) is 0 Å². The maximum Gasteiger partial charge on any atom is 0.416 e. The number of rotatable bonds is 4. The lowest BCUT2D eigenvalue weighted by atomic mass is 9.87. The molecule has 1 aliphatic carbocycles. The first-order chi connectivity index (χ1) is 10.0. The Kier molecular flexibility index (Phi) is 5.68. The van der Waals surface area contributed by atoms with Crippen LogP contribution in [0.5, 0.6) is 0 Å². The average Bonchev–Trinajstić information content (AvgIpc) is 2.73. The Morgan fingerprint density at radius 2 is 1.62 bits per heavy atom. The first-order valence-electron chi connectivity index (χ1n) is 7.93. The average molecular weight is 299 g/mol. The molecule has 1 nitrogen and oxygen atoms in total. The summed E-state index contributed by atoms with van der Waals surface area (Å²) >= 11 is 0. The van der Waals surface area contributed by atoms with Gasteiger partial charge in [0, 0.05) is 6.04 Å². The molecule has 2 rings (SSSR count). The van der Waals surface area contributed by atoms with Gasteiger partial charge in [-0.05, 0) is 43.0 Å². The first kappa shape index (κ1) is 16.3. The highest BCUT2D eigenvalue weighted by molar-refractivity contribution is 5.27. The second-order valence-corrected chi connectivity index (χ2v) is 5.91. The number of alkyl halides is 3. The second-order valence-electron chi connectivity index (χ2n) is 5.91. The van der Waals surface area contributed by atoms with Crippen LogP contribution in [0.25, 0.3) is 0 Å². The zero-order chi connectivity index (χ0) is 15.3. The van der Waals surface area contributed by atoms with Crippen molar-refractivity contribution in [3.8, 4) is 0 Å². The van der Waals surface area contributed by atoms with Crippen molar-refractivity contribution in [2.24, 2.45) is 5.92 Å². The van der Waals surface area contributed by atoms with Crippen LogP contribution in [0, 0.1) is 5.92 Å². The van der Waals surface area contributed by atoms with Gasteiger partial charge in [0.2, 0.25) is 0 Å². The second kappa shape index (κ2) is 7.30. The molecule has 1 aromatic rings. The minimum atomic E-state index is -4.26. The molecular formula is C17H24F3N. The van der Waals surface area contributed by atoms with E-state index < -0.39 is 11.7 Å². The van der Waals surface area contributed by atoms with Crippen molar-refractivity contribution >= 4 is 0 Å². The number of nitrogens with one attached hydrogen (secondary N) is 1. The van der Waals surface area contributed by atoms with Gasteiger partial charge in [0.05, 0.1) is 5.56 Å². The Bertz CT molecular complexity index is 417. The molecular weight excluding hydrogens is 275 g/mol. The van der Waals surface area contributed by atoms with Gasteiger partial charge in [-0.1, -0.05) is 44.7 Å². The lowest BCUT2D eigenvalue weighted by Gasteiger charge is -2.27. The van der Waals surface area contributed by atoms with E-state index in [1.807, 2.05) is 6.92 Å². The van der Waals surface area contributed by atoms with Crippen molar-refractivity contribution in [1.29, 1.82) is 0 Å². The van der Waals surface area contributed by atoms with Crippen LogP contribution >= 0.6 is 0 Å². The van der Waals surface area contributed by atoms with E-state index in [-0.39, 0.29) is 6.04 Å². The van der Waals surface area contributed by atoms with Crippen LogP contribution < -0.4 is 5.32 Å². The van der Waals surface area contributed by atoms with E-state index in [2.05, 4.69) is 5.32 Å². The van der Waals surface area contributed by atoms with Crippen LogP contribution in [-0.2, 0) is 6.18 Å². The summed E-state index contributed by atoms with van der Waals surface area (Å²) in [6.07, 6.45) is 3.09. The molecule has 0 radical (unpaired) electrons. The molecule has 0 bridgehead atoms. The highest BCUT2D eigenvalue weighted by Gasteiger charge is 2.31. The predicted octanol–water partition coefficient (Wildman–Crippen LogP) is 5.33. The number of hydrogen-bond acceptors (Lipinski definition) is 1. The molecule has 1 aromatic carbocycles. The summed E-state index contributed by atoms with van der Waals surface area (Å²) in [5, 5.41) is 3.47. The fourth-order valence-electron chi connectivity index (χ4n) is 3.30. The Hall–Kier alpha value is -1.03. The van der Waals surface area contributed by atoms with E-state index in [9.17, 15) is 13.2 Å². The van der Waals surface area contributed by atoms with Gasteiger partial charge in [-0.2, -0.15) is 13.2 Å². The van der Waals surface area contributed by atoms with E-state index in [1.165, 1.54) is 50.7 Å². The lowest BCUT2D eigenvalue weighted by molar-refractivity contribution is -0.137. The van der Waals surface area contributed by atoms with Crippen molar-refractivity contribution in [3.63, 3.8) is 0 Å². The Labute approximate surface area is 124 Å². The fourth-order valence-corrected chi connectivity index (χ4v) is 3.30. The molecule has 0 saturated heterocycles. The van der Waals surface area contributed by atoms with Gasteiger partial charge in [0.15, 0.2) is 0 Å². The molecule has 21 heavy (non-hydrogen) atoms. The highest BCUT2D eigenvalue weighted by atomic mass is 19.4. The minimum Gasteiger partial charge on any atom is -0.310 e. The third kappa shape index (κ3) is 4.47. The molecule has 0 aliphatic heterocycles. The molecule has 4 heteroatoms. The maximum atomic E-state index is 12.7. The van der Waals surface area contributed by atoms with Gasteiger partial charge in [-0.25, -0.2) is 0 Å². The standard InChI is InChI=1S/C17H24F3N/c1-2-21-16(13-7-5-3-4-6-8-13)14-9-11-15(12-10-14)17(18,19)20/h9-13,16,21H,2-8H2,1H3. The fraction of sp³-hybridized carbons (Fsp3) is 0.647. The Morgan fingerprint density at radius 3 is 2.10 bits per heavy atom. The predicted molar refractivity (Wildman–Crippen MR) is 79.1 cm³/mol. The molecule has 118 valence electrons. The van der Waals surface area contributed by atoms with Gasteiger partial charge in [-0.3, -0.25) is 0 Å². The quantitative estimate of drug-likeness (QED) is 0.741. The van der Waals surface area contributed by atoms with E-state index in [0.29, 0.717) is 5.92 Å². The maximum absolute atomic E-state index is 12.7. The Morgan fingerprint density at radius 1 is 1.05 bits per heavy atom. The van der Waals surface area contributed by atoms with Crippen LogP contribution in [0.1, 0.15) is 62.6 Å². The largest absolute Gasteiger partial charge is 0.416 e. The monoisotopic (exact) mass is 299 g/mol. The molecule has 0 amide bonds. The van der Waals surface area contributed by atoms with E-state index in [0.717, 1.165) is 12.1 Å². The van der Waals surface area contributed by atoms with E-state index in [4.69, 9.17) is 0 Å². The summed E-state index contributed by atoms with van der Waals surface area (Å²) in [7, 11) is 0. The van der Waals surface area contributed by atoms with Crippen molar-refractivity contribution in [2.75, 3.05) is 6.54 Å². The van der Waals surface area contributed by atoms with Gasteiger partial charge >= 0.3 is 6.18 Å². The smallest absolute Gasteiger partial charge is 0.310 e. The van der Waals surface area contributed by atoms with Crippen LogP contribution in [0.4, 0.5) is 13.2 Å². The zero-order valence-corrected chi connectivity index (χ0v) is 12.5. The molecule has 1 aliphatic rings. The topological polar surface area (TPSA) is 12.0 Å². The summed E-state index contributed by atoms with van der Waals surface area (Å²) in [5.74, 6) is 0.532. The molecule has 1 unspecified atom stereocenters. The van der Waals surface area contributed by atoms with Crippen LogP contribution in [0.3, 0.4) is 0 Å². The number of halogens is 3.